The van der Waals surface area contributed by atoms with Crippen molar-refractivity contribution in [2.45, 2.75) is 26.8 Å². The van der Waals surface area contributed by atoms with Gasteiger partial charge in [0.2, 0.25) is 0 Å². The van der Waals surface area contributed by atoms with Crippen LogP contribution in [0.1, 0.15) is 33.8 Å². The van der Waals surface area contributed by atoms with E-state index in [1.54, 1.807) is 12.1 Å². The lowest BCUT2D eigenvalue weighted by Crippen LogP contribution is -2.35. The highest BCUT2D eigenvalue weighted by atomic mass is 19.1. The van der Waals surface area contributed by atoms with Gasteiger partial charge < -0.3 is 9.42 Å². The van der Waals surface area contributed by atoms with Crippen LogP contribution < -0.4 is 0 Å². The summed E-state index contributed by atoms with van der Waals surface area (Å²) in [5.41, 5.74) is 2.46. The Morgan fingerprint density at radius 3 is 2.79 bits per heavy atom. The number of halogens is 1. The SMILES string of the molecule is Cc1noc(C)c1CN1CCCN(C(=O)c2cccc(F)c2)CC1. The van der Waals surface area contributed by atoms with Gasteiger partial charge in [-0.05, 0) is 38.5 Å². The number of rotatable bonds is 3. The van der Waals surface area contributed by atoms with Crippen molar-refractivity contribution in [3.63, 3.8) is 0 Å². The van der Waals surface area contributed by atoms with Crippen molar-refractivity contribution in [1.29, 1.82) is 0 Å². The molecular weight excluding hydrogens is 309 g/mol. The Balaban J connectivity index is 1.64. The molecule has 1 aromatic carbocycles. The minimum absolute atomic E-state index is 0.103. The molecule has 0 atom stereocenters. The fourth-order valence-corrected chi connectivity index (χ4v) is 3.09. The zero-order valence-electron chi connectivity index (χ0n) is 14.1. The molecule has 1 aliphatic heterocycles. The van der Waals surface area contributed by atoms with Crippen LogP contribution in [0.25, 0.3) is 0 Å². The summed E-state index contributed by atoms with van der Waals surface area (Å²) < 4.78 is 18.6. The highest BCUT2D eigenvalue weighted by Gasteiger charge is 2.22. The van der Waals surface area contributed by atoms with Crippen molar-refractivity contribution >= 4 is 5.91 Å². The average Bonchev–Trinajstić information content (AvgIpc) is 2.78. The maximum atomic E-state index is 13.3. The second-order valence-corrected chi connectivity index (χ2v) is 6.23. The third kappa shape index (κ3) is 3.64. The second-order valence-electron chi connectivity index (χ2n) is 6.23. The molecule has 1 fully saturated rings. The van der Waals surface area contributed by atoms with Crippen LogP contribution in [-0.4, -0.2) is 47.0 Å². The van der Waals surface area contributed by atoms with E-state index < -0.39 is 0 Å². The van der Waals surface area contributed by atoms with Gasteiger partial charge in [0, 0.05) is 43.9 Å². The summed E-state index contributed by atoms with van der Waals surface area (Å²) in [6.07, 6.45) is 0.893. The number of hydrogen-bond donors (Lipinski definition) is 0. The molecule has 0 radical (unpaired) electrons. The molecule has 0 saturated carbocycles. The average molecular weight is 331 g/mol. The summed E-state index contributed by atoms with van der Waals surface area (Å²) in [6, 6.07) is 5.89. The maximum absolute atomic E-state index is 13.3. The summed E-state index contributed by atoms with van der Waals surface area (Å²) in [4.78, 5) is 16.7. The number of carbonyl (C=O) groups is 1. The van der Waals surface area contributed by atoms with Crippen LogP contribution in [0.15, 0.2) is 28.8 Å². The summed E-state index contributed by atoms with van der Waals surface area (Å²) in [7, 11) is 0. The molecule has 0 aliphatic carbocycles. The monoisotopic (exact) mass is 331 g/mol. The quantitative estimate of drug-likeness (QED) is 0.868. The number of nitrogens with zero attached hydrogens (tertiary/aromatic N) is 3. The van der Waals surface area contributed by atoms with E-state index in [1.165, 1.54) is 12.1 Å². The number of benzene rings is 1. The maximum Gasteiger partial charge on any atom is 0.254 e. The second kappa shape index (κ2) is 7.13. The molecule has 128 valence electrons. The predicted molar refractivity (Wildman–Crippen MR) is 88.2 cm³/mol. The molecule has 1 aromatic heterocycles. The molecule has 0 bridgehead atoms. The van der Waals surface area contributed by atoms with E-state index in [2.05, 4.69) is 10.1 Å². The van der Waals surface area contributed by atoms with Gasteiger partial charge in [-0.3, -0.25) is 9.69 Å². The molecule has 24 heavy (non-hydrogen) atoms. The normalized spacial score (nSPS) is 16.2. The largest absolute Gasteiger partial charge is 0.361 e. The van der Waals surface area contributed by atoms with Gasteiger partial charge in [-0.25, -0.2) is 4.39 Å². The van der Waals surface area contributed by atoms with Crippen molar-refractivity contribution in [3.05, 3.63) is 52.7 Å². The Kier molecular flexibility index (Phi) is 4.94. The van der Waals surface area contributed by atoms with Crippen molar-refractivity contribution < 1.29 is 13.7 Å². The summed E-state index contributed by atoms with van der Waals surface area (Å²) in [5.74, 6) is 0.369. The first-order valence-electron chi connectivity index (χ1n) is 8.23. The summed E-state index contributed by atoms with van der Waals surface area (Å²) in [6.45, 7) is 7.67. The summed E-state index contributed by atoms with van der Waals surface area (Å²) in [5, 5.41) is 3.99. The molecule has 1 amide bonds. The Labute approximate surface area is 141 Å². The Morgan fingerprint density at radius 1 is 1.25 bits per heavy atom. The van der Waals surface area contributed by atoms with E-state index in [1.807, 2.05) is 18.7 Å². The first-order valence-corrected chi connectivity index (χ1v) is 8.23. The highest BCUT2D eigenvalue weighted by molar-refractivity contribution is 5.94. The lowest BCUT2D eigenvalue weighted by atomic mass is 10.2. The van der Waals surface area contributed by atoms with Crippen molar-refractivity contribution in [2.24, 2.45) is 0 Å². The topological polar surface area (TPSA) is 49.6 Å². The summed E-state index contributed by atoms with van der Waals surface area (Å²) >= 11 is 0. The van der Waals surface area contributed by atoms with Crippen molar-refractivity contribution in [1.82, 2.24) is 15.0 Å². The molecule has 2 heterocycles. The third-order valence-corrected chi connectivity index (χ3v) is 4.51. The van der Waals surface area contributed by atoms with Crippen LogP contribution in [0, 0.1) is 19.7 Å². The van der Waals surface area contributed by atoms with Gasteiger partial charge >= 0.3 is 0 Å². The third-order valence-electron chi connectivity index (χ3n) is 4.51. The molecule has 0 spiro atoms. The van der Waals surface area contributed by atoms with Crippen LogP contribution in [0.5, 0.6) is 0 Å². The number of aromatic nitrogens is 1. The van der Waals surface area contributed by atoms with Crippen LogP contribution in [-0.2, 0) is 6.54 Å². The molecule has 0 N–H and O–H groups in total. The Hall–Kier alpha value is -2.21. The van der Waals surface area contributed by atoms with Gasteiger partial charge in [0.15, 0.2) is 0 Å². The van der Waals surface area contributed by atoms with Gasteiger partial charge in [-0.1, -0.05) is 11.2 Å². The standard InChI is InChI=1S/C18H22FN3O2/c1-13-17(14(2)24-20-13)12-21-7-4-8-22(10-9-21)18(23)15-5-3-6-16(19)11-15/h3,5-6,11H,4,7-10,12H2,1-2H3. The molecule has 6 heteroatoms. The van der Waals surface area contributed by atoms with Crippen LogP contribution in [0.3, 0.4) is 0 Å². The van der Waals surface area contributed by atoms with Crippen molar-refractivity contribution in [2.75, 3.05) is 26.2 Å². The fraction of sp³-hybridized carbons (Fsp3) is 0.444. The molecule has 3 rings (SSSR count). The fourth-order valence-electron chi connectivity index (χ4n) is 3.09. The lowest BCUT2D eigenvalue weighted by molar-refractivity contribution is 0.0760. The van der Waals surface area contributed by atoms with E-state index in [0.717, 1.165) is 43.1 Å². The minimum atomic E-state index is -0.379. The first-order chi connectivity index (χ1) is 11.5. The first kappa shape index (κ1) is 16.6. The minimum Gasteiger partial charge on any atom is -0.361 e. The van der Waals surface area contributed by atoms with E-state index in [9.17, 15) is 9.18 Å². The molecule has 5 nitrogen and oxygen atoms in total. The molecule has 2 aromatic rings. The van der Waals surface area contributed by atoms with Crippen LogP contribution in [0.4, 0.5) is 4.39 Å². The van der Waals surface area contributed by atoms with E-state index >= 15 is 0 Å². The van der Waals surface area contributed by atoms with Crippen molar-refractivity contribution in [3.8, 4) is 0 Å². The zero-order valence-corrected chi connectivity index (χ0v) is 14.1. The highest BCUT2D eigenvalue weighted by Crippen LogP contribution is 2.17. The zero-order chi connectivity index (χ0) is 17.1. The number of aryl methyl sites for hydroxylation is 2. The number of carbonyl (C=O) groups excluding carboxylic acids is 1. The number of hydrogen-bond acceptors (Lipinski definition) is 4. The lowest BCUT2D eigenvalue weighted by Gasteiger charge is -2.22. The Morgan fingerprint density at radius 2 is 2.08 bits per heavy atom. The predicted octanol–water partition coefficient (Wildman–Crippen LogP) is 2.78. The molecule has 1 saturated heterocycles. The Bertz CT molecular complexity index is 709. The van der Waals surface area contributed by atoms with Gasteiger partial charge in [0.25, 0.3) is 5.91 Å². The van der Waals surface area contributed by atoms with E-state index in [-0.39, 0.29) is 11.7 Å². The molecular formula is C18H22FN3O2. The van der Waals surface area contributed by atoms with Crippen LogP contribution >= 0.6 is 0 Å². The van der Waals surface area contributed by atoms with Gasteiger partial charge in [-0.2, -0.15) is 0 Å². The van der Waals surface area contributed by atoms with E-state index in [0.29, 0.717) is 18.7 Å². The van der Waals surface area contributed by atoms with Gasteiger partial charge in [-0.15, -0.1) is 0 Å². The molecule has 1 aliphatic rings. The van der Waals surface area contributed by atoms with Crippen LogP contribution in [0.2, 0.25) is 0 Å². The molecule has 0 unspecified atom stereocenters. The van der Waals surface area contributed by atoms with Gasteiger partial charge in [0.1, 0.15) is 11.6 Å². The smallest absolute Gasteiger partial charge is 0.254 e. The van der Waals surface area contributed by atoms with Gasteiger partial charge in [0.05, 0.1) is 5.69 Å². The number of amides is 1. The van der Waals surface area contributed by atoms with E-state index in [4.69, 9.17) is 4.52 Å².